The number of carbonyl (C=O) groups excluding carboxylic acids is 1. The molecule has 0 aliphatic heterocycles. The monoisotopic (exact) mass is 345 g/mol. The van der Waals surface area contributed by atoms with Crippen LogP contribution in [-0.4, -0.2) is 33.7 Å². The summed E-state index contributed by atoms with van der Waals surface area (Å²) in [7, 11) is 0. The van der Waals surface area contributed by atoms with Crippen molar-refractivity contribution in [3.8, 4) is 5.75 Å². The molecule has 1 aliphatic rings. The predicted octanol–water partition coefficient (Wildman–Crippen LogP) is 2.04. The van der Waals surface area contributed by atoms with Crippen molar-refractivity contribution >= 4 is 11.9 Å². The molecule has 1 heterocycles. The Labute approximate surface area is 144 Å². The van der Waals surface area contributed by atoms with Gasteiger partial charge in [-0.3, -0.25) is 4.79 Å². The molecule has 0 radical (unpaired) electrons. The molecule has 2 N–H and O–H groups in total. The molecule has 8 heteroatoms. The summed E-state index contributed by atoms with van der Waals surface area (Å²) in [6.07, 6.45) is 3.49. The van der Waals surface area contributed by atoms with Gasteiger partial charge in [-0.1, -0.05) is 18.0 Å². The fourth-order valence-corrected chi connectivity index (χ4v) is 3.01. The van der Waals surface area contributed by atoms with Gasteiger partial charge in [0, 0.05) is 12.5 Å². The van der Waals surface area contributed by atoms with Crippen LogP contribution >= 0.6 is 0 Å². The van der Waals surface area contributed by atoms with E-state index in [0.29, 0.717) is 23.0 Å². The second kappa shape index (κ2) is 6.92. The minimum atomic E-state index is -1.06. The van der Waals surface area contributed by atoms with Gasteiger partial charge in [0.25, 0.3) is 5.91 Å². The number of hydrogen-bond donors (Lipinski definition) is 2. The number of rotatable bonds is 6. The third kappa shape index (κ3) is 3.78. The summed E-state index contributed by atoms with van der Waals surface area (Å²) in [6.45, 7) is 1.29. The lowest BCUT2D eigenvalue weighted by molar-refractivity contribution is -0.139. The van der Waals surface area contributed by atoms with Crippen molar-refractivity contribution in [2.45, 2.75) is 38.1 Å². The molecule has 1 fully saturated rings. The maximum Gasteiger partial charge on any atom is 0.341 e. The molecular weight excluding hydrogens is 326 g/mol. The number of aliphatic carboxylic acids is 1. The molecular formula is C17H19N3O5. The van der Waals surface area contributed by atoms with Crippen molar-refractivity contribution in [1.29, 1.82) is 0 Å². The van der Waals surface area contributed by atoms with Gasteiger partial charge in [-0.15, -0.1) is 0 Å². The van der Waals surface area contributed by atoms with E-state index in [0.717, 1.165) is 25.7 Å². The van der Waals surface area contributed by atoms with Gasteiger partial charge in [-0.05, 0) is 37.1 Å². The number of nitrogens with zero attached hydrogens (tertiary/aromatic N) is 2. The molecule has 1 aliphatic carbocycles. The van der Waals surface area contributed by atoms with E-state index in [1.165, 1.54) is 0 Å². The molecule has 132 valence electrons. The quantitative estimate of drug-likeness (QED) is 0.823. The second-order valence-corrected chi connectivity index (χ2v) is 6.09. The number of nitrogens with one attached hydrogen (secondary N) is 1. The first-order valence-corrected chi connectivity index (χ1v) is 8.06. The van der Waals surface area contributed by atoms with E-state index in [1.54, 1.807) is 31.2 Å². The van der Waals surface area contributed by atoms with Crippen LogP contribution in [0, 0.1) is 6.92 Å². The lowest BCUT2D eigenvalue weighted by atomic mass is 9.96. The normalized spacial score (nSPS) is 15.7. The van der Waals surface area contributed by atoms with Gasteiger partial charge < -0.3 is 19.7 Å². The summed E-state index contributed by atoms with van der Waals surface area (Å²) >= 11 is 0. The van der Waals surface area contributed by atoms with Crippen molar-refractivity contribution in [2.24, 2.45) is 0 Å². The number of hydrogen-bond acceptors (Lipinski definition) is 6. The highest BCUT2D eigenvalue weighted by atomic mass is 16.5. The highest BCUT2D eigenvalue weighted by Crippen LogP contribution is 2.37. The molecule has 2 aromatic rings. The Morgan fingerprint density at radius 3 is 2.52 bits per heavy atom. The molecule has 25 heavy (non-hydrogen) atoms. The molecule has 0 spiro atoms. The van der Waals surface area contributed by atoms with Gasteiger partial charge in [-0.2, -0.15) is 4.98 Å². The van der Waals surface area contributed by atoms with E-state index in [9.17, 15) is 9.59 Å². The van der Waals surface area contributed by atoms with Crippen LogP contribution in [0.5, 0.6) is 5.75 Å². The van der Waals surface area contributed by atoms with Gasteiger partial charge in [-0.25, -0.2) is 4.79 Å². The highest BCUT2D eigenvalue weighted by Gasteiger charge is 2.41. The van der Waals surface area contributed by atoms with Gasteiger partial charge in [0.15, 0.2) is 12.4 Å². The summed E-state index contributed by atoms with van der Waals surface area (Å²) in [6, 6.07) is 6.32. The maximum atomic E-state index is 12.6. The molecule has 0 saturated heterocycles. The number of carboxylic acids is 1. The standard InChI is InChI=1S/C17H19N3O5/c1-11-18-16(20-25-11)17(8-2-3-9-17)19-15(23)12-4-6-13(7-5-12)24-10-14(21)22/h4-7H,2-3,8-10H2,1H3,(H,19,23)(H,21,22). The van der Waals surface area contributed by atoms with Crippen LogP contribution in [0.1, 0.15) is 47.8 Å². The van der Waals surface area contributed by atoms with Gasteiger partial charge in [0.05, 0.1) is 0 Å². The Morgan fingerprint density at radius 1 is 1.28 bits per heavy atom. The molecule has 3 rings (SSSR count). The Morgan fingerprint density at radius 2 is 1.96 bits per heavy atom. The predicted molar refractivity (Wildman–Crippen MR) is 86.2 cm³/mol. The first-order chi connectivity index (χ1) is 12.0. The van der Waals surface area contributed by atoms with Crippen LogP contribution in [0.4, 0.5) is 0 Å². The number of ether oxygens (including phenoxy) is 1. The van der Waals surface area contributed by atoms with E-state index in [-0.39, 0.29) is 5.91 Å². The van der Waals surface area contributed by atoms with E-state index < -0.39 is 18.1 Å². The summed E-state index contributed by atoms with van der Waals surface area (Å²) in [4.78, 5) is 27.4. The number of carboxylic acid groups (broad SMARTS) is 1. The lowest BCUT2D eigenvalue weighted by Crippen LogP contribution is -2.44. The van der Waals surface area contributed by atoms with E-state index in [2.05, 4.69) is 15.5 Å². The van der Waals surface area contributed by atoms with E-state index in [4.69, 9.17) is 14.4 Å². The van der Waals surface area contributed by atoms with Gasteiger partial charge >= 0.3 is 5.97 Å². The molecule has 0 unspecified atom stereocenters. The molecule has 8 nitrogen and oxygen atoms in total. The molecule has 1 saturated carbocycles. The zero-order chi connectivity index (χ0) is 17.9. The summed E-state index contributed by atoms with van der Waals surface area (Å²) in [5, 5.41) is 15.7. The molecule has 1 aromatic carbocycles. The minimum Gasteiger partial charge on any atom is -0.482 e. The summed E-state index contributed by atoms with van der Waals surface area (Å²) in [5.41, 5.74) is -0.151. The molecule has 1 amide bonds. The maximum absolute atomic E-state index is 12.6. The van der Waals surface area contributed by atoms with Crippen molar-refractivity contribution in [2.75, 3.05) is 6.61 Å². The number of aryl methyl sites for hydroxylation is 1. The van der Waals surface area contributed by atoms with E-state index in [1.807, 2.05) is 0 Å². The second-order valence-electron chi connectivity index (χ2n) is 6.09. The molecule has 1 aromatic heterocycles. The zero-order valence-corrected chi connectivity index (χ0v) is 13.8. The number of amides is 1. The number of aromatic nitrogens is 2. The largest absolute Gasteiger partial charge is 0.482 e. The van der Waals surface area contributed by atoms with Crippen LogP contribution in [0.2, 0.25) is 0 Å². The lowest BCUT2D eigenvalue weighted by Gasteiger charge is -2.26. The van der Waals surface area contributed by atoms with E-state index >= 15 is 0 Å². The average Bonchev–Trinajstić information content (AvgIpc) is 3.23. The number of benzene rings is 1. The fraction of sp³-hybridized carbons (Fsp3) is 0.412. The summed E-state index contributed by atoms with van der Waals surface area (Å²) in [5.74, 6) is 0.0746. The van der Waals surface area contributed by atoms with Crippen LogP contribution in [-0.2, 0) is 10.3 Å². The minimum absolute atomic E-state index is 0.242. The van der Waals surface area contributed by atoms with Crippen LogP contribution in [0.25, 0.3) is 0 Å². The van der Waals surface area contributed by atoms with Crippen molar-refractivity contribution < 1.29 is 24.0 Å². The first-order valence-electron chi connectivity index (χ1n) is 8.06. The van der Waals surface area contributed by atoms with Gasteiger partial charge in [0.1, 0.15) is 11.3 Å². The van der Waals surface area contributed by atoms with Crippen LogP contribution in [0.3, 0.4) is 0 Å². The SMILES string of the molecule is Cc1nc(C2(NC(=O)c3ccc(OCC(=O)O)cc3)CCCC2)no1. The van der Waals surface area contributed by atoms with Crippen molar-refractivity contribution in [3.05, 3.63) is 41.5 Å². The van der Waals surface area contributed by atoms with Crippen LogP contribution in [0.15, 0.2) is 28.8 Å². The molecule has 0 atom stereocenters. The highest BCUT2D eigenvalue weighted by molar-refractivity contribution is 5.94. The third-order valence-electron chi connectivity index (χ3n) is 4.24. The molecule has 0 bridgehead atoms. The summed E-state index contributed by atoms with van der Waals surface area (Å²) < 4.78 is 10.1. The first kappa shape index (κ1) is 16.9. The number of carbonyl (C=O) groups is 2. The Balaban J connectivity index is 1.72. The zero-order valence-electron chi connectivity index (χ0n) is 13.8. The Kier molecular flexibility index (Phi) is 4.69. The van der Waals surface area contributed by atoms with Crippen molar-refractivity contribution in [1.82, 2.24) is 15.5 Å². The van der Waals surface area contributed by atoms with Gasteiger partial charge in [0.2, 0.25) is 5.89 Å². The smallest absolute Gasteiger partial charge is 0.341 e. The average molecular weight is 345 g/mol. The third-order valence-corrected chi connectivity index (χ3v) is 4.24. The van der Waals surface area contributed by atoms with Crippen molar-refractivity contribution in [3.63, 3.8) is 0 Å². The fourth-order valence-electron chi connectivity index (χ4n) is 3.01. The Bertz CT molecular complexity index is 763. The Hall–Kier alpha value is -2.90. The topological polar surface area (TPSA) is 115 Å². The van der Waals surface area contributed by atoms with Crippen LogP contribution < -0.4 is 10.1 Å².